The van der Waals surface area contributed by atoms with Gasteiger partial charge in [-0.1, -0.05) is 6.07 Å². The van der Waals surface area contributed by atoms with Crippen LogP contribution in [0.3, 0.4) is 0 Å². The van der Waals surface area contributed by atoms with Gasteiger partial charge < -0.3 is 0 Å². The molecule has 1 saturated heterocycles. The Labute approximate surface area is 99.9 Å². The molecule has 17 heavy (non-hydrogen) atoms. The number of pyridine rings is 1. The summed E-state index contributed by atoms with van der Waals surface area (Å²) in [5.74, 6) is 0. The molecular weight excluding hydrogens is 236 g/mol. The van der Waals surface area contributed by atoms with Gasteiger partial charge in [-0.15, -0.1) is 0 Å². The Morgan fingerprint density at radius 3 is 2.71 bits per heavy atom. The van der Waals surface area contributed by atoms with Crippen LogP contribution in [0, 0.1) is 0 Å². The molecule has 1 aliphatic rings. The van der Waals surface area contributed by atoms with Gasteiger partial charge in [0.1, 0.15) is 0 Å². The average Bonchev–Trinajstić information content (AvgIpc) is 2.25. The number of aromatic nitrogens is 1. The molecule has 0 unspecified atom stereocenters. The third-order valence-electron chi connectivity index (χ3n) is 3.03. The normalized spacial score (nSPS) is 16.9. The van der Waals surface area contributed by atoms with E-state index < -0.39 is 10.0 Å². The molecule has 1 aromatic heterocycles. The third kappa shape index (κ3) is 1.71. The Balaban J connectivity index is 2.11. The average molecular weight is 248 g/mol. The van der Waals surface area contributed by atoms with Crippen LogP contribution in [0.2, 0.25) is 0 Å². The summed E-state index contributed by atoms with van der Waals surface area (Å²) >= 11 is 0. The highest BCUT2D eigenvalue weighted by atomic mass is 32.2. The van der Waals surface area contributed by atoms with Crippen LogP contribution in [-0.2, 0) is 10.0 Å². The number of hydrogen-bond acceptors (Lipinski definition) is 3. The topological polar surface area (TPSA) is 50.3 Å². The molecule has 1 aromatic carbocycles. The van der Waals surface area contributed by atoms with Crippen LogP contribution in [0.5, 0.6) is 0 Å². The van der Waals surface area contributed by atoms with Crippen molar-refractivity contribution in [1.82, 2.24) is 9.29 Å². The van der Waals surface area contributed by atoms with E-state index in [1.165, 1.54) is 4.31 Å². The lowest BCUT2D eigenvalue weighted by Crippen LogP contribution is -2.41. The van der Waals surface area contributed by atoms with Crippen LogP contribution in [0.25, 0.3) is 10.9 Å². The lowest BCUT2D eigenvalue weighted by molar-refractivity contribution is 0.309. The predicted molar refractivity (Wildman–Crippen MR) is 65.1 cm³/mol. The monoisotopic (exact) mass is 248 g/mol. The van der Waals surface area contributed by atoms with Gasteiger partial charge in [-0.3, -0.25) is 4.98 Å². The largest absolute Gasteiger partial charge is 0.256 e. The maximum Gasteiger partial charge on any atom is 0.243 e. The molecule has 0 bridgehead atoms. The summed E-state index contributed by atoms with van der Waals surface area (Å²) in [7, 11) is -3.29. The van der Waals surface area contributed by atoms with Gasteiger partial charge in [-0.05, 0) is 30.7 Å². The molecule has 0 saturated carbocycles. The molecule has 88 valence electrons. The van der Waals surface area contributed by atoms with Crippen LogP contribution < -0.4 is 0 Å². The first-order valence-electron chi connectivity index (χ1n) is 5.53. The number of nitrogens with zero attached hydrogens (tertiary/aromatic N) is 2. The molecule has 0 amide bonds. The molecule has 0 spiro atoms. The van der Waals surface area contributed by atoms with Gasteiger partial charge in [0.15, 0.2) is 0 Å². The van der Waals surface area contributed by atoms with Crippen LogP contribution in [0.4, 0.5) is 0 Å². The first-order valence-corrected chi connectivity index (χ1v) is 6.97. The SMILES string of the molecule is O=S(=O)(c1ccc2ncccc2c1)N1CCC1. The molecule has 1 fully saturated rings. The highest BCUT2D eigenvalue weighted by molar-refractivity contribution is 7.89. The second kappa shape index (κ2) is 3.78. The number of sulfonamides is 1. The van der Waals surface area contributed by atoms with Crippen molar-refractivity contribution in [3.05, 3.63) is 36.5 Å². The number of benzene rings is 1. The van der Waals surface area contributed by atoms with Gasteiger partial charge >= 0.3 is 0 Å². The molecule has 4 nitrogen and oxygen atoms in total. The van der Waals surface area contributed by atoms with Crippen molar-refractivity contribution in [2.24, 2.45) is 0 Å². The molecule has 0 radical (unpaired) electrons. The van der Waals surface area contributed by atoms with Crippen molar-refractivity contribution in [3.63, 3.8) is 0 Å². The minimum absolute atomic E-state index is 0.359. The van der Waals surface area contributed by atoms with Crippen LogP contribution in [0.15, 0.2) is 41.4 Å². The lowest BCUT2D eigenvalue weighted by Gasteiger charge is -2.29. The van der Waals surface area contributed by atoms with Crippen LogP contribution in [-0.4, -0.2) is 30.8 Å². The fraction of sp³-hybridized carbons (Fsp3) is 0.250. The molecule has 0 N–H and O–H groups in total. The van der Waals surface area contributed by atoms with Crippen molar-refractivity contribution in [2.45, 2.75) is 11.3 Å². The molecule has 2 aromatic rings. The minimum atomic E-state index is -3.29. The Bertz CT molecular complexity index is 663. The van der Waals surface area contributed by atoms with Crippen molar-refractivity contribution >= 4 is 20.9 Å². The Morgan fingerprint density at radius 2 is 2.00 bits per heavy atom. The molecule has 1 aliphatic heterocycles. The second-order valence-corrected chi connectivity index (χ2v) is 6.05. The third-order valence-corrected chi connectivity index (χ3v) is 4.92. The van der Waals surface area contributed by atoms with Crippen molar-refractivity contribution in [1.29, 1.82) is 0 Å². The van der Waals surface area contributed by atoms with Gasteiger partial charge in [0, 0.05) is 24.7 Å². The summed E-state index contributed by atoms with van der Waals surface area (Å²) < 4.78 is 25.8. The minimum Gasteiger partial charge on any atom is -0.256 e. The first kappa shape index (κ1) is 10.7. The standard InChI is InChI=1S/C12H12N2O2S/c15-17(16,14-7-2-8-14)11-4-5-12-10(9-11)3-1-6-13-12/h1,3-6,9H,2,7-8H2. The molecule has 3 rings (SSSR count). The van der Waals surface area contributed by atoms with Crippen molar-refractivity contribution in [3.8, 4) is 0 Å². The smallest absolute Gasteiger partial charge is 0.243 e. The van der Waals surface area contributed by atoms with Gasteiger partial charge in [0.25, 0.3) is 0 Å². The van der Waals surface area contributed by atoms with E-state index >= 15 is 0 Å². The van der Waals surface area contributed by atoms with Gasteiger partial charge in [-0.2, -0.15) is 4.31 Å². The summed E-state index contributed by atoms with van der Waals surface area (Å²) in [5, 5.41) is 0.856. The summed E-state index contributed by atoms with van der Waals surface area (Å²) in [6.07, 6.45) is 2.65. The number of rotatable bonds is 2. The van der Waals surface area contributed by atoms with E-state index in [1.807, 2.05) is 12.1 Å². The highest BCUT2D eigenvalue weighted by Gasteiger charge is 2.29. The van der Waals surface area contributed by atoms with E-state index in [9.17, 15) is 8.42 Å². The highest BCUT2D eigenvalue weighted by Crippen LogP contribution is 2.23. The summed E-state index contributed by atoms with van der Waals surface area (Å²) in [4.78, 5) is 4.53. The van der Waals surface area contributed by atoms with Gasteiger partial charge in [0.2, 0.25) is 10.0 Å². The van der Waals surface area contributed by atoms with E-state index in [4.69, 9.17) is 0 Å². The molecule has 0 atom stereocenters. The first-order chi connectivity index (χ1) is 8.18. The molecular formula is C12H12N2O2S. The van der Waals surface area contributed by atoms with E-state index in [-0.39, 0.29) is 0 Å². The predicted octanol–water partition coefficient (Wildman–Crippen LogP) is 1.63. The molecule has 5 heteroatoms. The van der Waals surface area contributed by atoms with Crippen LogP contribution >= 0.6 is 0 Å². The zero-order chi connectivity index (χ0) is 11.9. The second-order valence-electron chi connectivity index (χ2n) is 4.12. The number of hydrogen-bond donors (Lipinski definition) is 0. The van der Waals surface area contributed by atoms with E-state index in [0.29, 0.717) is 18.0 Å². The van der Waals surface area contributed by atoms with Crippen molar-refractivity contribution < 1.29 is 8.42 Å². The van der Waals surface area contributed by atoms with E-state index in [1.54, 1.807) is 24.4 Å². The van der Waals surface area contributed by atoms with Crippen LogP contribution in [0.1, 0.15) is 6.42 Å². The maximum atomic E-state index is 12.2. The van der Waals surface area contributed by atoms with Gasteiger partial charge in [0.05, 0.1) is 10.4 Å². The summed E-state index contributed by atoms with van der Waals surface area (Å²) in [6.45, 7) is 1.26. The fourth-order valence-corrected chi connectivity index (χ4v) is 3.44. The molecule has 2 heterocycles. The molecule has 0 aliphatic carbocycles. The summed E-state index contributed by atoms with van der Waals surface area (Å²) in [6, 6.07) is 8.75. The van der Waals surface area contributed by atoms with Gasteiger partial charge in [-0.25, -0.2) is 8.42 Å². The Morgan fingerprint density at radius 1 is 1.18 bits per heavy atom. The zero-order valence-corrected chi connectivity index (χ0v) is 10.0. The lowest BCUT2D eigenvalue weighted by atomic mass is 10.2. The summed E-state index contributed by atoms with van der Waals surface area (Å²) in [5.41, 5.74) is 0.815. The Hall–Kier alpha value is -1.46. The quantitative estimate of drug-likeness (QED) is 0.811. The maximum absolute atomic E-state index is 12.2. The Kier molecular flexibility index (Phi) is 2.38. The number of fused-ring (bicyclic) bond motifs is 1. The van der Waals surface area contributed by atoms with Crippen molar-refractivity contribution in [2.75, 3.05) is 13.1 Å². The zero-order valence-electron chi connectivity index (χ0n) is 9.20. The van der Waals surface area contributed by atoms with E-state index in [0.717, 1.165) is 17.3 Å². The fourth-order valence-electron chi connectivity index (χ4n) is 1.89. The van der Waals surface area contributed by atoms with E-state index in [2.05, 4.69) is 4.98 Å².